The fourth-order valence-corrected chi connectivity index (χ4v) is 1.99. The largest absolute Gasteiger partial charge is 0.465 e. The van der Waals surface area contributed by atoms with E-state index in [0.717, 1.165) is 19.5 Å². The van der Waals surface area contributed by atoms with Crippen molar-refractivity contribution < 1.29 is 9.53 Å². The Hall–Kier alpha value is -0.610. The topological polar surface area (TPSA) is 41.6 Å². The number of carbonyl (C=O) groups is 1. The van der Waals surface area contributed by atoms with Gasteiger partial charge in [0.1, 0.15) is 6.04 Å². The number of hydrogen-bond donors (Lipinski definition) is 1. The maximum absolute atomic E-state index is 11.4. The summed E-state index contributed by atoms with van der Waals surface area (Å²) >= 11 is 0. The van der Waals surface area contributed by atoms with E-state index in [0.29, 0.717) is 12.6 Å². The van der Waals surface area contributed by atoms with Crippen LogP contribution < -0.4 is 5.32 Å². The molecule has 0 aromatic heterocycles. The van der Waals surface area contributed by atoms with Gasteiger partial charge in [-0.05, 0) is 40.3 Å². The molecule has 1 heterocycles. The second-order valence-corrected chi connectivity index (χ2v) is 4.24. The van der Waals surface area contributed by atoms with E-state index in [4.69, 9.17) is 4.74 Å². The van der Waals surface area contributed by atoms with Gasteiger partial charge in [-0.25, -0.2) is 0 Å². The standard InChI is InChI=1S/C11H22N2O2/c1-4-15-11(14)9(2)12-10-6-5-7-13(3)8-10/h9-10,12H,4-8H2,1-3H3. The number of likely N-dealkylation sites (tertiary alicyclic amines) is 1. The van der Waals surface area contributed by atoms with Gasteiger partial charge in [0.05, 0.1) is 6.61 Å². The Morgan fingerprint density at radius 1 is 1.67 bits per heavy atom. The van der Waals surface area contributed by atoms with Crippen molar-refractivity contribution in [1.29, 1.82) is 0 Å². The van der Waals surface area contributed by atoms with E-state index < -0.39 is 0 Å². The number of nitrogens with one attached hydrogen (secondary N) is 1. The van der Waals surface area contributed by atoms with Crippen LogP contribution in [-0.2, 0) is 9.53 Å². The molecule has 15 heavy (non-hydrogen) atoms. The number of carbonyl (C=O) groups excluding carboxylic acids is 1. The lowest BCUT2D eigenvalue weighted by Crippen LogP contribution is -2.49. The lowest BCUT2D eigenvalue weighted by atomic mass is 10.1. The number of ether oxygens (including phenoxy) is 1. The minimum atomic E-state index is -0.193. The van der Waals surface area contributed by atoms with Crippen LogP contribution in [0.25, 0.3) is 0 Å². The first kappa shape index (κ1) is 12.5. The van der Waals surface area contributed by atoms with Crippen molar-refractivity contribution in [3.05, 3.63) is 0 Å². The van der Waals surface area contributed by atoms with Gasteiger partial charge in [0.25, 0.3) is 0 Å². The zero-order chi connectivity index (χ0) is 11.3. The van der Waals surface area contributed by atoms with Crippen molar-refractivity contribution in [1.82, 2.24) is 10.2 Å². The highest BCUT2D eigenvalue weighted by atomic mass is 16.5. The Morgan fingerprint density at radius 3 is 3.00 bits per heavy atom. The highest BCUT2D eigenvalue weighted by Crippen LogP contribution is 2.08. The molecule has 4 heteroatoms. The maximum Gasteiger partial charge on any atom is 0.322 e. The van der Waals surface area contributed by atoms with Crippen LogP contribution in [0.5, 0.6) is 0 Å². The van der Waals surface area contributed by atoms with E-state index in [1.54, 1.807) is 0 Å². The lowest BCUT2D eigenvalue weighted by molar-refractivity contribution is -0.145. The Morgan fingerprint density at radius 2 is 2.40 bits per heavy atom. The second-order valence-electron chi connectivity index (χ2n) is 4.24. The fourth-order valence-electron chi connectivity index (χ4n) is 1.99. The van der Waals surface area contributed by atoms with E-state index in [1.807, 2.05) is 13.8 Å². The second kappa shape index (κ2) is 6.08. The molecule has 0 aliphatic carbocycles. The molecule has 88 valence electrons. The number of likely N-dealkylation sites (N-methyl/N-ethyl adjacent to an activating group) is 1. The molecular weight excluding hydrogens is 192 g/mol. The summed E-state index contributed by atoms with van der Waals surface area (Å²) in [5.74, 6) is -0.147. The summed E-state index contributed by atoms with van der Waals surface area (Å²) in [7, 11) is 2.11. The van der Waals surface area contributed by atoms with E-state index in [9.17, 15) is 4.79 Å². The smallest absolute Gasteiger partial charge is 0.322 e. The van der Waals surface area contributed by atoms with Gasteiger partial charge in [0, 0.05) is 12.6 Å². The van der Waals surface area contributed by atoms with Crippen molar-refractivity contribution in [2.45, 2.75) is 38.8 Å². The summed E-state index contributed by atoms with van der Waals surface area (Å²) in [6, 6.07) is 0.226. The molecular formula is C11H22N2O2. The number of nitrogens with zero attached hydrogens (tertiary/aromatic N) is 1. The van der Waals surface area contributed by atoms with Crippen LogP contribution in [0.3, 0.4) is 0 Å². The van der Waals surface area contributed by atoms with Crippen LogP contribution in [0.1, 0.15) is 26.7 Å². The molecule has 1 N–H and O–H groups in total. The predicted octanol–water partition coefficient (Wildman–Crippen LogP) is 0.622. The molecule has 1 rings (SSSR count). The van der Waals surface area contributed by atoms with Gasteiger partial charge in [-0.2, -0.15) is 0 Å². The third-order valence-corrected chi connectivity index (χ3v) is 2.75. The van der Waals surface area contributed by atoms with E-state index in [2.05, 4.69) is 17.3 Å². The van der Waals surface area contributed by atoms with Gasteiger partial charge < -0.3 is 15.0 Å². The minimum Gasteiger partial charge on any atom is -0.465 e. The van der Waals surface area contributed by atoms with Crippen molar-refractivity contribution in [3.63, 3.8) is 0 Å². The molecule has 0 aromatic carbocycles. The summed E-state index contributed by atoms with van der Waals surface area (Å²) < 4.78 is 4.96. The lowest BCUT2D eigenvalue weighted by Gasteiger charge is -2.31. The molecule has 2 unspecified atom stereocenters. The fraction of sp³-hybridized carbons (Fsp3) is 0.909. The molecule has 0 aromatic rings. The van der Waals surface area contributed by atoms with Crippen LogP contribution in [0.15, 0.2) is 0 Å². The van der Waals surface area contributed by atoms with Gasteiger partial charge in [0.15, 0.2) is 0 Å². The summed E-state index contributed by atoms with van der Waals surface area (Å²) in [5.41, 5.74) is 0. The molecule has 0 bridgehead atoms. The average Bonchev–Trinajstić information content (AvgIpc) is 2.18. The van der Waals surface area contributed by atoms with Crippen LogP contribution in [0.4, 0.5) is 0 Å². The minimum absolute atomic E-state index is 0.147. The Kier molecular flexibility index (Phi) is 5.05. The molecule has 1 saturated heterocycles. The third-order valence-electron chi connectivity index (χ3n) is 2.75. The average molecular weight is 214 g/mol. The van der Waals surface area contributed by atoms with Gasteiger partial charge in [0.2, 0.25) is 0 Å². The molecule has 0 spiro atoms. The SMILES string of the molecule is CCOC(=O)C(C)NC1CCCN(C)C1. The van der Waals surface area contributed by atoms with Crippen LogP contribution in [-0.4, -0.2) is 49.7 Å². The van der Waals surface area contributed by atoms with Crippen LogP contribution in [0.2, 0.25) is 0 Å². The zero-order valence-corrected chi connectivity index (χ0v) is 9.95. The monoisotopic (exact) mass is 214 g/mol. The van der Waals surface area contributed by atoms with Crippen LogP contribution in [0, 0.1) is 0 Å². The molecule has 1 aliphatic heterocycles. The predicted molar refractivity (Wildman–Crippen MR) is 59.7 cm³/mol. The Balaban J connectivity index is 2.30. The number of esters is 1. The highest BCUT2D eigenvalue weighted by Gasteiger charge is 2.22. The van der Waals surface area contributed by atoms with E-state index in [-0.39, 0.29) is 12.0 Å². The third kappa shape index (κ3) is 4.18. The zero-order valence-electron chi connectivity index (χ0n) is 9.95. The summed E-state index contributed by atoms with van der Waals surface area (Å²) in [6.45, 7) is 6.33. The van der Waals surface area contributed by atoms with Crippen molar-refractivity contribution in [3.8, 4) is 0 Å². The van der Waals surface area contributed by atoms with Gasteiger partial charge in [-0.15, -0.1) is 0 Å². The molecule has 0 radical (unpaired) electrons. The van der Waals surface area contributed by atoms with Crippen molar-refractivity contribution in [2.75, 3.05) is 26.7 Å². The molecule has 4 nitrogen and oxygen atoms in total. The number of piperidine rings is 1. The summed E-state index contributed by atoms with van der Waals surface area (Å²) in [4.78, 5) is 13.7. The summed E-state index contributed by atoms with van der Waals surface area (Å²) in [5, 5.41) is 3.32. The molecule has 1 fully saturated rings. The Labute approximate surface area is 92.0 Å². The molecule has 0 amide bonds. The van der Waals surface area contributed by atoms with Gasteiger partial charge in [-0.1, -0.05) is 0 Å². The molecule has 2 atom stereocenters. The Bertz CT molecular complexity index is 209. The van der Waals surface area contributed by atoms with Crippen molar-refractivity contribution in [2.24, 2.45) is 0 Å². The normalized spacial score (nSPS) is 24.9. The van der Waals surface area contributed by atoms with Gasteiger partial charge in [-0.3, -0.25) is 4.79 Å². The first-order chi connectivity index (χ1) is 7.13. The van der Waals surface area contributed by atoms with Crippen molar-refractivity contribution >= 4 is 5.97 Å². The maximum atomic E-state index is 11.4. The summed E-state index contributed by atoms with van der Waals surface area (Å²) in [6.07, 6.45) is 2.35. The van der Waals surface area contributed by atoms with Crippen LogP contribution >= 0.6 is 0 Å². The van der Waals surface area contributed by atoms with Gasteiger partial charge >= 0.3 is 5.97 Å². The number of hydrogen-bond acceptors (Lipinski definition) is 4. The first-order valence-electron chi connectivity index (χ1n) is 5.74. The van der Waals surface area contributed by atoms with E-state index in [1.165, 1.54) is 6.42 Å². The molecule has 1 aliphatic rings. The first-order valence-corrected chi connectivity index (χ1v) is 5.74. The molecule has 0 saturated carbocycles. The highest BCUT2D eigenvalue weighted by molar-refractivity contribution is 5.75. The van der Waals surface area contributed by atoms with E-state index >= 15 is 0 Å². The number of rotatable bonds is 4. The quantitative estimate of drug-likeness (QED) is 0.697.